The number of halogens is 4. The van der Waals surface area contributed by atoms with Gasteiger partial charge < -0.3 is 17.7 Å². The Kier molecular flexibility index (Phi) is 8.33. The Morgan fingerprint density at radius 2 is 1.78 bits per heavy atom. The summed E-state index contributed by atoms with van der Waals surface area (Å²) in [4.78, 5) is 11.7. The molecule has 9 heteroatoms. The van der Waals surface area contributed by atoms with Crippen LogP contribution in [0.2, 0.25) is 0 Å². The molecule has 0 aromatic heterocycles. The van der Waals surface area contributed by atoms with Crippen LogP contribution >= 0.6 is 15.9 Å². The molecule has 0 radical (unpaired) electrons. The van der Waals surface area contributed by atoms with Crippen molar-refractivity contribution in [2.45, 2.75) is 6.61 Å². The van der Waals surface area contributed by atoms with Crippen molar-refractivity contribution in [2.75, 3.05) is 5.32 Å². The molecule has 0 aliphatic rings. The zero-order valence-electron chi connectivity index (χ0n) is 12.2. The fourth-order valence-electron chi connectivity index (χ4n) is 1.71. The van der Waals surface area contributed by atoms with E-state index in [4.69, 9.17) is 4.74 Å². The average Bonchev–Trinajstić information content (AvgIpc) is 2.47. The Balaban J connectivity index is 0.00000264. The molecule has 23 heavy (non-hydrogen) atoms. The number of hydrogen-bond donors (Lipinski definition) is 1. The minimum Gasteiger partial charge on any atom is -0.445 e. The van der Waals surface area contributed by atoms with Crippen LogP contribution in [-0.4, -0.2) is 13.1 Å². The van der Waals surface area contributed by atoms with E-state index >= 15 is 0 Å². The van der Waals surface area contributed by atoms with Crippen molar-refractivity contribution in [1.29, 1.82) is 0 Å². The number of rotatable bonds is 4. The minimum atomic E-state index is -5.13. The zero-order valence-corrected chi connectivity index (χ0v) is 16.9. The molecule has 2 rings (SSSR count). The second-order valence-corrected chi connectivity index (χ2v) is 5.36. The first-order valence-corrected chi connectivity index (χ1v) is 7.12. The summed E-state index contributed by atoms with van der Waals surface area (Å²) in [6.07, 6.45) is -0.823. The van der Waals surface area contributed by atoms with Gasteiger partial charge in [0.25, 0.3) is 0 Å². The SMILES string of the molecule is O=C(Nc1cc([B-](F)(F)F)ccc1Br)OCc1ccccc1.[K+]. The van der Waals surface area contributed by atoms with Gasteiger partial charge in [0.05, 0.1) is 5.69 Å². The second kappa shape index (κ2) is 9.24. The molecule has 0 aliphatic heterocycles. The molecule has 0 saturated heterocycles. The van der Waals surface area contributed by atoms with Crippen LogP contribution in [0.5, 0.6) is 0 Å². The zero-order chi connectivity index (χ0) is 16.2. The molecule has 2 aromatic carbocycles. The molecule has 1 N–H and O–H groups in total. The molecular weight excluding hydrogens is 401 g/mol. The largest absolute Gasteiger partial charge is 1.00 e. The topological polar surface area (TPSA) is 38.3 Å². The Hall–Kier alpha value is -0.319. The average molecular weight is 412 g/mol. The number of carbonyl (C=O) groups is 1. The number of anilines is 1. The number of hydrogen-bond acceptors (Lipinski definition) is 2. The normalized spacial score (nSPS) is 10.6. The van der Waals surface area contributed by atoms with E-state index in [0.29, 0.717) is 4.47 Å². The minimum absolute atomic E-state index is 0. The molecule has 3 nitrogen and oxygen atoms in total. The molecule has 0 spiro atoms. The predicted molar refractivity (Wildman–Crippen MR) is 83.1 cm³/mol. The van der Waals surface area contributed by atoms with Gasteiger partial charge in [0, 0.05) is 4.47 Å². The first-order chi connectivity index (χ1) is 10.4. The summed E-state index contributed by atoms with van der Waals surface area (Å²) >= 11 is 3.09. The van der Waals surface area contributed by atoms with Crippen LogP contribution in [0.1, 0.15) is 5.56 Å². The second-order valence-electron chi connectivity index (χ2n) is 4.50. The summed E-state index contributed by atoms with van der Waals surface area (Å²) in [6.45, 7) is -5.09. The summed E-state index contributed by atoms with van der Waals surface area (Å²) in [5.41, 5.74) is 0.000382. The van der Waals surface area contributed by atoms with E-state index in [2.05, 4.69) is 21.2 Å². The van der Waals surface area contributed by atoms with Crippen molar-refractivity contribution in [3.63, 3.8) is 0 Å². The summed E-state index contributed by atoms with van der Waals surface area (Å²) < 4.78 is 43.4. The van der Waals surface area contributed by atoms with Crippen LogP contribution < -0.4 is 62.2 Å². The van der Waals surface area contributed by atoms with Crippen LogP contribution in [0.25, 0.3) is 0 Å². The molecule has 0 unspecified atom stereocenters. The summed E-state index contributed by atoms with van der Waals surface area (Å²) in [7, 11) is 0. The first kappa shape index (κ1) is 20.7. The molecule has 0 saturated carbocycles. The van der Waals surface area contributed by atoms with Crippen molar-refractivity contribution in [1.82, 2.24) is 0 Å². The predicted octanol–water partition coefficient (Wildman–Crippen LogP) is 1.26. The van der Waals surface area contributed by atoms with Crippen LogP contribution in [0.4, 0.5) is 23.4 Å². The Morgan fingerprint density at radius 1 is 1.13 bits per heavy atom. The van der Waals surface area contributed by atoms with E-state index in [9.17, 15) is 17.7 Å². The quantitative estimate of drug-likeness (QED) is 0.769. The van der Waals surface area contributed by atoms with Gasteiger partial charge in [-0.3, -0.25) is 5.32 Å². The third kappa shape index (κ3) is 6.60. The number of carbonyl (C=O) groups excluding carboxylic acids is 1. The fourth-order valence-corrected chi connectivity index (χ4v) is 2.06. The maximum absolute atomic E-state index is 12.7. The molecule has 0 heterocycles. The molecule has 116 valence electrons. The van der Waals surface area contributed by atoms with Crippen molar-refractivity contribution < 1.29 is 73.9 Å². The van der Waals surface area contributed by atoms with Gasteiger partial charge in [-0.25, -0.2) is 4.79 Å². The van der Waals surface area contributed by atoms with Gasteiger partial charge in [-0.15, -0.1) is 5.46 Å². The molecule has 0 fully saturated rings. The van der Waals surface area contributed by atoms with Gasteiger partial charge in [-0.1, -0.05) is 42.5 Å². The number of ether oxygens (including phenoxy) is 1. The van der Waals surface area contributed by atoms with Gasteiger partial charge in [0.15, 0.2) is 0 Å². The van der Waals surface area contributed by atoms with Crippen LogP contribution in [0.15, 0.2) is 53.0 Å². The van der Waals surface area contributed by atoms with Crippen molar-refractivity contribution in [3.05, 3.63) is 58.6 Å². The van der Waals surface area contributed by atoms with Gasteiger partial charge in [0.1, 0.15) is 6.61 Å². The third-order valence-electron chi connectivity index (χ3n) is 2.82. The van der Waals surface area contributed by atoms with Crippen molar-refractivity contribution in [3.8, 4) is 0 Å². The monoisotopic (exact) mass is 411 g/mol. The number of benzene rings is 2. The number of amides is 1. The Labute approximate surface area is 182 Å². The fraction of sp³-hybridized carbons (Fsp3) is 0.0714. The summed E-state index contributed by atoms with van der Waals surface area (Å²) in [6, 6.07) is 12.0. The smallest absolute Gasteiger partial charge is 0.445 e. The van der Waals surface area contributed by atoms with Crippen molar-refractivity contribution >= 4 is 40.2 Å². The Bertz CT molecular complexity index is 671. The van der Waals surface area contributed by atoms with Gasteiger partial charge >= 0.3 is 64.5 Å². The number of nitrogens with one attached hydrogen (secondary N) is 1. The molecular formula is C14H11BBrF3KNO2. The van der Waals surface area contributed by atoms with Crippen LogP contribution in [0.3, 0.4) is 0 Å². The third-order valence-corrected chi connectivity index (χ3v) is 3.51. The standard InChI is InChI=1S/C14H11BBrF3NO2.K/c16-12-7-6-11(15(17,18)19)8-13(12)20-14(21)22-9-10-4-2-1-3-5-10;/h1-8H,9H2,(H,20,21);/q-1;+1. The summed E-state index contributed by atoms with van der Waals surface area (Å²) in [5, 5.41) is 2.29. The summed E-state index contributed by atoms with van der Waals surface area (Å²) in [5.74, 6) is 0. The maximum Gasteiger partial charge on any atom is 1.00 e. The van der Waals surface area contributed by atoms with Crippen LogP contribution in [0, 0.1) is 0 Å². The van der Waals surface area contributed by atoms with E-state index in [1.54, 1.807) is 24.3 Å². The van der Waals surface area contributed by atoms with E-state index in [-0.39, 0.29) is 63.7 Å². The van der Waals surface area contributed by atoms with E-state index in [1.165, 1.54) is 6.07 Å². The van der Waals surface area contributed by atoms with E-state index in [0.717, 1.165) is 17.7 Å². The molecule has 1 amide bonds. The van der Waals surface area contributed by atoms with Gasteiger partial charge in [-0.05, 0) is 27.6 Å². The molecule has 0 aliphatic carbocycles. The van der Waals surface area contributed by atoms with Crippen LogP contribution in [-0.2, 0) is 11.3 Å². The molecule has 2 aromatic rings. The van der Waals surface area contributed by atoms with Gasteiger partial charge in [-0.2, -0.15) is 0 Å². The van der Waals surface area contributed by atoms with Gasteiger partial charge in [0.2, 0.25) is 0 Å². The van der Waals surface area contributed by atoms with Crippen molar-refractivity contribution in [2.24, 2.45) is 0 Å². The van der Waals surface area contributed by atoms with E-state index < -0.39 is 18.5 Å². The first-order valence-electron chi connectivity index (χ1n) is 6.33. The maximum atomic E-state index is 12.7. The Morgan fingerprint density at radius 3 is 2.39 bits per heavy atom. The molecule has 0 bridgehead atoms. The van der Waals surface area contributed by atoms with E-state index in [1.807, 2.05) is 6.07 Å². The molecule has 0 atom stereocenters.